The number of rotatable bonds is 4. The summed E-state index contributed by atoms with van der Waals surface area (Å²) < 4.78 is 27.1. The molecule has 2 aliphatic rings. The number of nitrogens with two attached hydrogens (primary N) is 1. The van der Waals surface area contributed by atoms with Crippen molar-refractivity contribution in [3.63, 3.8) is 0 Å². The first-order valence-corrected chi connectivity index (χ1v) is 12.5. The second-order valence-electron chi connectivity index (χ2n) is 8.34. The van der Waals surface area contributed by atoms with E-state index in [4.69, 9.17) is 10.7 Å². The Balaban J connectivity index is 1.63. The van der Waals surface area contributed by atoms with E-state index in [-0.39, 0.29) is 11.9 Å². The average Bonchev–Trinajstić information content (AvgIpc) is 3.42. The fourth-order valence-corrected chi connectivity index (χ4v) is 5.54. The van der Waals surface area contributed by atoms with E-state index in [2.05, 4.69) is 25.2 Å². The fraction of sp³-hybridized carbons (Fsp3) is 0.579. The van der Waals surface area contributed by atoms with Crippen LogP contribution < -0.4 is 10.6 Å². The van der Waals surface area contributed by atoms with Gasteiger partial charge in [-0.3, -0.25) is 5.10 Å². The summed E-state index contributed by atoms with van der Waals surface area (Å²) in [5.74, 6) is 1.03. The highest BCUT2D eigenvalue weighted by atomic mass is 32.2. The van der Waals surface area contributed by atoms with Crippen molar-refractivity contribution < 1.29 is 8.42 Å². The Morgan fingerprint density at radius 1 is 1.10 bits per heavy atom. The zero-order chi connectivity index (χ0) is 21.6. The molecule has 0 atom stereocenters. The van der Waals surface area contributed by atoms with Gasteiger partial charge in [0.2, 0.25) is 16.0 Å². The molecule has 0 aliphatic carbocycles. The monoisotopic (exact) mass is 445 g/mol. The number of nitrogens with one attached hydrogen (secondary N) is 1. The number of hydrogen-bond acceptors (Lipinski definition) is 8. The Morgan fingerprint density at radius 2 is 1.84 bits per heavy atom. The van der Waals surface area contributed by atoms with Crippen molar-refractivity contribution in [3.05, 3.63) is 18.2 Å². The summed E-state index contributed by atoms with van der Waals surface area (Å²) in [4.78, 5) is 12.0. The number of H-pyrrole nitrogens is 1. The molecule has 0 unspecified atom stereocenters. The van der Waals surface area contributed by atoms with Crippen LogP contribution in [0.25, 0.3) is 16.9 Å². The van der Waals surface area contributed by atoms with Crippen LogP contribution in [0.2, 0.25) is 0 Å². The van der Waals surface area contributed by atoms with E-state index >= 15 is 0 Å². The van der Waals surface area contributed by atoms with Crippen LogP contribution in [0, 0.1) is 0 Å². The maximum Gasteiger partial charge on any atom is 0.240 e. The van der Waals surface area contributed by atoms with E-state index in [0.717, 1.165) is 48.7 Å². The summed E-state index contributed by atoms with van der Waals surface area (Å²) in [5.41, 5.74) is 9.38. The zero-order valence-electron chi connectivity index (χ0n) is 17.5. The van der Waals surface area contributed by atoms with Crippen LogP contribution in [0.3, 0.4) is 0 Å². The van der Waals surface area contributed by atoms with Crippen molar-refractivity contribution >= 4 is 27.3 Å². The average molecular weight is 446 g/mol. The normalized spacial score (nSPS) is 19.3. The molecule has 5 rings (SSSR count). The van der Waals surface area contributed by atoms with Gasteiger partial charge in [-0.2, -0.15) is 14.6 Å². The lowest BCUT2D eigenvalue weighted by atomic mass is 9.96. The van der Waals surface area contributed by atoms with Crippen LogP contribution in [-0.2, 0) is 10.0 Å². The van der Waals surface area contributed by atoms with Crippen molar-refractivity contribution in [1.29, 1.82) is 0 Å². The Hall–Kier alpha value is -2.73. The van der Waals surface area contributed by atoms with Crippen molar-refractivity contribution in [3.8, 4) is 11.3 Å². The van der Waals surface area contributed by atoms with Crippen molar-refractivity contribution in [2.75, 3.05) is 43.1 Å². The van der Waals surface area contributed by atoms with Crippen LogP contribution in [0.5, 0.6) is 0 Å². The van der Waals surface area contributed by atoms with E-state index in [1.54, 1.807) is 10.7 Å². The third-order valence-electron chi connectivity index (χ3n) is 6.24. The Bertz CT molecular complexity index is 1170. The highest BCUT2D eigenvalue weighted by molar-refractivity contribution is 7.88. The van der Waals surface area contributed by atoms with Gasteiger partial charge in [-0.1, -0.05) is 0 Å². The number of nitrogens with zero attached hydrogens (tertiary/aromatic N) is 7. The van der Waals surface area contributed by atoms with Gasteiger partial charge < -0.3 is 10.6 Å². The third kappa shape index (κ3) is 3.74. The van der Waals surface area contributed by atoms with Crippen LogP contribution in [-0.4, -0.2) is 74.9 Å². The number of sulfonamides is 1. The molecule has 12 heteroatoms. The van der Waals surface area contributed by atoms with Crippen LogP contribution >= 0.6 is 0 Å². The predicted molar refractivity (Wildman–Crippen MR) is 117 cm³/mol. The number of aromatic nitrogens is 6. The molecular formula is C19H27N9O2S. The summed E-state index contributed by atoms with van der Waals surface area (Å²) in [5, 5.41) is 11.5. The van der Waals surface area contributed by atoms with Gasteiger partial charge in [0, 0.05) is 43.9 Å². The molecule has 2 saturated heterocycles. The van der Waals surface area contributed by atoms with Gasteiger partial charge in [-0.25, -0.2) is 17.7 Å². The van der Waals surface area contributed by atoms with Gasteiger partial charge in [0.15, 0.2) is 5.65 Å². The van der Waals surface area contributed by atoms with Crippen LogP contribution in [0.15, 0.2) is 12.4 Å². The van der Waals surface area contributed by atoms with E-state index in [9.17, 15) is 8.42 Å². The largest absolute Gasteiger partial charge is 0.367 e. The summed E-state index contributed by atoms with van der Waals surface area (Å²) >= 11 is 0. The van der Waals surface area contributed by atoms with Crippen molar-refractivity contribution in [2.45, 2.75) is 38.0 Å². The van der Waals surface area contributed by atoms with Gasteiger partial charge in [-0.05, 0) is 32.1 Å². The second-order valence-corrected chi connectivity index (χ2v) is 10.3. The molecule has 2 aliphatic heterocycles. The molecule has 0 saturated carbocycles. The lowest BCUT2D eigenvalue weighted by Crippen LogP contribution is -2.38. The summed E-state index contributed by atoms with van der Waals surface area (Å²) in [6.07, 6.45) is 9.65. The van der Waals surface area contributed by atoms with Crippen molar-refractivity contribution in [1.82, 2.24) is 34.1 Å². The molecule has 5 heterocycles. The van der Waals surface area contributed by atoms with Gasteiger partial charge >= 0.3 is 0 Å². The second kappa shape index (κ2) is 7.75. The molecule has 0 radical (unpaired) electrons. The Morgan fingerprint density at radius 3 is 2.48 bits per heavy atom. The number of fused-ring (bicyclic) bond motifs is 1. The minimum atomic E-state index is -3.20. The van der Waals surface area contributed by atoms with E-state index in [0.29, 0.717) is 31.6 Å². The van der Waals surface area contributed by atoms with Crippen LogP contribution in [0.1, 0.15) is 43.8 Å². The summed E-state index contributed by atoms with van der Waals surface area (Å²) in [6, 6.07) is 0. The molecule has 0 spiro atoms. The van der Waals surface area contributed by atoms with Gasteiger partial charge in [0.1, 0.15) is 17.2 Å². The molecule has 3 aromatic rings. The first-order chi connectivity index (χ1) is 14.9. The number of aromatic amines is 1. The summed E-state index contributed by atoms with van der Waals surface area (Å²) in [7, 11) is -3.20. The maximum absolute atomic E-state index is 11.9. The van der Waals surface area contributed by atoms with E-state index < -0.39 is 10.0 Å². The first kappa shape index (κ1) is 20.2. The Kier molecular flexibility index (Phi) is 5.05. The van der Waals surface area contributed by atoms with E-state index in [1.165, 1.54) is 17.0 Å². The fourth-order valence-electron chi connectivity index (χ4n) is 4.66. The molecule has 0 aromatic carbocycles. The molecule has 166 valence electrons. The van der Waals surface area contributed by atoms with Gasteiger partial charge in [-0.15, -0.1) is 5.10 Å². The van der Waals surface area contributed by atoms with Crippen LogP contribution in [0.4, 0.5) is 11.6 Å². The minimum absolute atomic E-state index is 0.0580. The highest BCUT2D eigenvalue weighted by Gasteiger charge is 2.31. The molecule has 2 fully saturated rings. The Labute approximate surface area is 180 Å². The van der Waals surface area contributed by atoms with Crippen molar-refractivity contribution in [2.24, 2.45) is 0 Å². The molecule has 31 heavy (non-hydrogen) atoms. The lowest BCUT2D eigenvalue weighted by Gasteiger charge is -2.32. The quantitative estimate of drug-likeness (QED) is 0.611. The standard InChI is InChI=1S/C19H27N9O2S/c1-31(29,30)27-9-5-13(6-10-27)17-23-15(14-11-21-22-12-14)16(26-7-3-2-4-8-26)18-24-19(20)25-28(17)18/h11-13H,2-10H2,1H3,(H2,20,25)(H,21,22). The molecule has 3 aromatic heterocycles. The number of anilines is 2. The van der Waals surface area contributed by atoms with E-state index in [1.807, 2.05) is 6.20 Å². The molecule has 0 amide bonds. The zero-order valence-corrected chi connectivity index (χ0v) is 18.3. The summed E-state index contributed by atoms with van der Waals surface area (Å²) in [6.45, 7) is 2.79. The number of nitrogen functional groups attached to an aromatic ring is 1. The maximum atomic E-state index is 11.9. The highest BCUT2D eigenvalue weighted by Crippen LogP contribution is 2.37. The lowest BCUT2D eigenvalue weighted by molar-refractivity contribution is 0.313. The topological polar surface area (TPSA) is 138 Å². The smallest absolute Gasteiger partial charge is 0.240 e. The number of hydrogen-bond donors (Lipinski definition) is 2. The van der Waals surface area contributed by atoms with Gasteiger partial charge in [0.05, 0.1) is 12.5 Å². The molecule has 0 bridgehead atoms. The number of piperidine rings is 2. The molecule has 3 N–H and O–H groups in total. The third-order valence-corrected chi connectivity index (χ3v) is 7.54. The van der Waals surface area contributed by atoms with Gasteiger partial charge in [0.25, 0.3) is 0 Å². The molecular weight excluding hydrogens is 418 g/mol. The molecule has 11 nitrogen and oxygen atoms in total. The predicted octanol–water partition coefficient (Wildman–Crippen LogP) is 1.23. The minimum Gasteiger partial charge on any atom is -0.367 e. The SMILES string of the molecule is CS(=O)(=O)N1CCC(c2nc(-c3cn[nH]c3)c(N3CCCCC3)c3nc(N)nn23)CC1. The first-order valence-electron chi connectivity index (χ1n) is 10.7.